The van der Waals surface area contributed by atoms with Gasteiger partial charge in [0.2, 0.25) is 0 Å². The van der Waals surface area contributed by atoms with Crippen LogP contribution in [0.2, 0.25) is 5.02 Å². The Kier molecular flexibility index (Phi) is 3.86. The van der Waals surface area contributed by atoms with Gasteiger partial charge in [0.05, 0.1) is 6.61 Å². The number of hydrogen-bond acceptors (Lipinski definition) is 3. The minimum atomic E-state index is 0.0985. The molecule has 0 aliphatic rings. The van der Waals surface area contributed by atoms with Crippen molar-refractivity contribution in [3.63, 3.8) is 0 Å². The van der Waals surface area contributed by atoms with Gasteiger partial charge in [0.15, 0.2) is 11.5 Å². The summed E-state index contributed by atoms with van der Waals surface area (Å²) in [7, 11) is 0. The van der Waals surface area contributed by atoms with Crippen LogP contribution in [0, 0.1) is 0 Å². The second kappa shape index (κ2) is 4.94. The molecule has 72 valence electrons. The summed E-state index contributed by atoms with van der Waals surface area (Å²) in [6.07, 6.45) is 0.756. The van der Waals surface area contributed by atoms with E-state index in [2.05, 4.69) is 0 Å². The Morgan fingerprint density at radius 2 is 2.23 bits per heavy atom. The summed E-state index contributed by atoms with van der Waals surface area (Å²) in [4.78, 5) is 0. The number of halogens is 1. The number of rotatable bonds is 4. The maximum Gasteiger partial charge on any atom is 0.162 e. The summed E-state index contributed by atoms with van der Waals surface area (Å²) >= 11 is 5.71. The van der Waals surface area contributed by atoms with Crippen LogP contribution in [0.4, 0.5) is 0 Å². The highest BCUT2D eigenvalue weighted by Gasteiger charge is 2.01. The van der Waals surface area contributed by atoms with Crippen LogP contribution in [0.1, 0.15) is 6.42 Å². The van der Waals surface area contributed by atoms with Crippen LogP contribution in [-0.2, 0) is 0 Å². The van der Waals surface area contributed by atoms with Crippen molar-refractivity contribution in [2.24, 2.45) is 5.73 Å². The van der Waals surface area contributed by atoms with Crippen molar-refractivity contribution < 1.29 is 9.84 Å². The normalized spacial score (nSPS) is 10.0. The molecule has 0 saturated carbocycles. The van der Waals surface area contributed by atoms with Crippen LogP contribution in [-0.4, -0.2) is 18.3 Å². The number of hydrogen-bond donors (Lipinski definition) is 2. The molecule has 0 aromatic heterocycles. The molecule has 4 heteroatoms. The third-order valence-corrected chi connectivity index (χ3v) is 1.76. The molecule has 3 N–H and O–H groups in total. The number of phenolic OH excluding ortho intramolecular Hbond substituents is 1. The zero-order valence-electron chi connectivity index (χ0n) is 7.16. The predicted octanol–water partition coefficient (Wildman–Crippen LogP) is 1.77. The van der Waals surface area contributed by atoms with Gasteiger partial charge in [0.1, 0.15) is 0 Å². The van der Waals surface area contributed by atoms with Gasteiger partial charge in [-0.2, -0.15) is 0 Å². The largest absolute Gasteiger partial charge is 0.504 e. The first-order valence-corrected chi connectivity index (χ1v) is 4.43. The Hall–Kier alpha value is -0.930. The van der Waals surface area contributed by atoms with E-state index in [0.29, 0.717) is 23.9 Å². The van der Waals surface area contributed by atoms with E-state index in [1.807, 2.05) is 0 Å². The van der Waals surface area contributed by atoms with Gasteiger partial charge < -0.3 is 15.6 Å². The molecular formula is C9H12ClNO2. The number of phenols is 1. The fraction of sp³-hybridized carbons (Fsp3) is 0.333. The highest BCUT2D eigenvalue weighted by atomic mass is 35.5. The third-order valence-electron chi connectivity index (χ3n) is 1.53. The Morgan fingerprint density at radius 1 is 1.46 bits per heavy atom. The molecule has 1 aromatic carbocycles. The van der Waals surface area contributed by atoms with Crippen LogP contribution in [0.15, 0.2) is 18.2 Å². The summed E-state index contributed by atoms with van der Waals surface area (Å²) in [5.41, 5.74) is 5.29. The van der Waals surface area contributed by atoms with Gasteiger partial charge in [-0.05, 0) is 25.1 Å². The minimum absolute atomic E-state index is 0.0985. The second-order valence-corrected chi connectivity index (χ2v) is 3.04. The molecule has 13 heavy (non-hydrogen) atoms. The van der Waals surface area contributed by atoms with Gasteiger partial charge in [-0.1, -0.05) is 11.6 Å². The first-order valence-electron chi connectivity index (χ1n) is 4.05. The lowest BCUT2D eigenvalue weighted by atomic mass is 10.3. The van der Waals surface area contributed by atoms with Crippen molar-refractivity contribution >= 4 is 11.6 Å². The van der Waals surface area contributed by atoms with E-state index in [1.165, 1.54) is 6.07 Å². The van der Waals surface area contributed by atoms with Crippen molar-refractivity contribution in [1.29, 1.82) is 0 Å². The van der Waals surface area contributed by atoms with E-state index in [1.54, 1.807) is 12.1 Å². The van der Waals surface area contributed by atoms with Crippen molar-refractivity contribution in [2.75, 3.05) is 13.2 Å². The summed E-state index contributed by atoms with van der Waals surface area (Å²) in [5, 5.41) is 9.86. The van der Waals surface area contributed by atoms with Gasteiger partial charge in [0.25, 0.3) is 0 Å². The molecule has 0 amide bonds. The highest BCUT2D eigenvalue weighted by Crippen LogP contribution is 2.28. The van der Waals surface area contributed by atoms with Crippen LogP contribution in [0.3, 0.4) is 0 Å². The Bertz CT molecular complexity index is 278. The van der Waals surface area contributed by atoms with Crippen LogP contribution >= 0.6 is 11.6 Å². The van der Waals surface area contributed by atoms with Crippen molar-refractivity contribution in [3.8, 4) is 11.5 Å². The lowest BCUT2D eigenvalue weighted by Gasteiger charge is -2.06. The monoisotopic (exact) mass is 201 g/mol. The van der Waals surface area contributed by atoms with Gasteiger partial charge in [0, 0.05) is 11.1 Å². The van der Waals surface area contributed by atoms with Gasteiger partial charge in [-0.25, -0.2) is 0 Å². The topological polar surface area (TPSA) is 55.5 Å². The maximum absolute atomic E-state index is 9.32. The Balaban J connectivity index is 2.59. The van der Waals surface area contributed by atoms with Crippen LogP contribution in [0.5, 0.6) is 11.5 Å². The summed E-state index contributed by atoms with van der Waals surface area (Å²) < 4.78 is 5.24. The zero-order chi connectivity index (χ0) is 9.68. The molecule has 0 saturated heterocycles. The molecule has 0 aliphatic heterocycles. The van der Waals surface area contributed by atoms with E-state index in [-0.39, 0.29) is 5.75 Å². The van der Waals surface area contributed by atoms with Gasteiger partial charge >= 0.3 is 0 Å². The van der Waals surface area contributed by atoms with Crippen molar-refractivity contribution in [1.82, 2.24) is 0 Å². The molecule has 0 spiro atoms. The quantitative estimate of drug-likeness (QED) is 0.731. The van der Waals surface area contributed by atoms with Gasteiger partial charge in [-0.3, -0.25) is 0 Å². The zero-order valence-corrected chi connectivity index (χ0v) is 7.92. The number of benzene rings is 1. The van der Waals surface area contributed by atoms with E-state index in [0.717, 1.165) is 6.42 Å². The third kappa shape index (κ3) is 3.13. The molecule has 0 heterocycles. The Morgan fingerprint density at radius 3 is 2.92 bits per heavy atom. The van der Waals surface area contributed by atoms with E-state index < -0.39 is 0 Å². The maximum atomic E-state index is 9.32. The molecular weight excluding hydrogens is 190 g/mol. The standard InChI is InChI=1S/C9H12ClNO2/c10-7-2-3-8(12)9(6-7)13-5-1-4-11/h2-3,6,12H,1,4-5,11H2. The average molecular weight is 202 g/mol. The van der Waals surface area contributed by atoms with E-state index in [4.69, 9.17) is 22.1 Å². The Labute approximate surface area is 82.1 Å². The fourth-order valence-corrected chi connectivity index (χ4v) is 1.03. The second-order valence-electron chi connectivity index (χ2n) is 2.60. The SMILES string of the molecule is NCCCOc1cc(Cl)ccc1O. The van der Waals surface area contributed by atoms with Crippen molar-refractivity contribution in [3.05, 3.63) is 23.2 Å². The molecule has 3 nitrogen and oxygen atoms in total. The lowest BCUT2D eigenvalue weighted by Crippen LogP contribution is -2.06. The van der Waals surface area contributed by atoms with Crippen LogP contribution < -0.4 is 10.5 Å². The van der Waals surface area contributed by atoms with E-state index in [9.17, 15) is 5.11 Å². The molecule has 0 radical (unpaired) electrons. The highest BCUT2D eigenvalue weighted by molar-refractivity contribution is 6.30. The molecule has 0 bridgehead atoms. The van der Waals surface area contributed by atoms with Crippen LogP contribution in [0.25, 0.3) is 0 Å². The first kappa shape index (κ1) is 10.2. The summed E-state index contributed by atoms with van der Waals surface area (Å²) in [6.45, 7) is 1.06. The molecule has 0 atom stereocenters. The molecule has 1 aromatic rings. The summed E-state index contributed by atoms with van der Waals surface area (Å²) in [5.74, 6) is 0.502. The summed E-state index contributed by atoms with van der Waals surface area (Å²) in [6, 6.07) is 4.68. The predicted molar refractivity (Wildman–Crippen MR) is 52.3 cm³/mol. The van der Waals surface area contributed by atoms with Crippen molar-refractivity contribution in [2.45, 2.75) is 6.42 Å². The molecule has 0 unspecified atom stereocenters. The molecule has 0 aliphatic carbocycles. The smallest absolute Gasteiger partial charge is 0.162 e. The molecule has 0 fully saturated rings. The fourth-order valence-electron chi connectivity index (χ4n) is 0.869. The number of ether oxygens (including phenoxy) is 1. The first-order chi connectivity index (χ1) is 6.24. The average Bonchev–Trinajstić information content (AvgIpc) is 2.11. The number of nitrogens with two attached hydrogens (primary N) is 1. The lowest BCUT2D eigenvalue weighted by molar-refractivity contribution is 0.296. The number of aromatic hydroxyl groups is 1. The van der Waals surface area contributed by atoms with Gasteiger partial charge in [-0.15, -0.1) is 0 Å². The minimum Gasteiger partial charge on any atom is -0.504 e. The molecule has 1 rings (SSSR count). The van der Waals surface area contributed by atoms with E-state index >= 15 is 0 Å².